The van der Waals surface area contributed by atoms with Gasteiger partial charge in [0, 0.05) is 10.1 Å². The first-order valence-electron chi connectivity index (χ1n) is 7.02. The Morgan fingerprint density at radius 3 is 2.58 bits per heavy atom. The summed E-state index contributed by atoms with van der Waals surface area (Å²) in [5.74, 6) is 0.692. The van der Waals surface area contributed by atoms with Gasteiger partial charge in [0.25, 0.3) is 0 Å². The van der Waals surface area contributed by atoms with Crippen LogP contribution in [0.1, 0.15) is 32.6 Å². The van der Waals surface area contributed by atoms with E-state index in [0.29, 0.717) is 18.4 Å². The van der Waals surface area contributed by atoms with Crippen molar-refractivity contribution >= 4 is 10.8 Å². The van der Waals surface area contributed by atoms with E-state index in [4.69, 9.17) is 5.73 Å². The normalized spacial score (nSPS) is 29.1. The molecule has 2 N–H and O–H groups in total. The highest BCUT2D eigenvalue weighted by atomic mass is 32.2. The monoisotopic (exact) mass is 283 g/mol. The number of rotatable bonds is 4. The van der Waals surface area contributed by atoms with Gasteiger partial charge in [-0.2, -0.15) is 0 Å². The molecule has 0 amide bonds. The molecule has 1 saturated carbocycles. The lowest BCUT2D eigenvalue weighted by atomic mass is 9.80. The zero-order valence-corrected chi connectivity index (χ0v) is 12.2. The molecule has 0 saturated heterocycles. The molecule has 2 rings (SSSR count). The number of benzene rings is 1. The Morgan fingerprint density at radius 2 is 2.00 bits per heavy atom. The third-order valence-corrected chi connectivity index (χ3v) is 6.10. The van der Waals surface area contributed by atoms with Gasteiger partial charge < -0.3 is 5.73 Å². The highest BCUT2D eigenvalue weighted by Gasteiger charge is 2.33. The molecule has 1 fully saturated rings. The molecule has 0 aromatic heterocycles. The van der Waals surface area contributed by atoms with Crippen LogP contribution in [0.15, 0.2) is 29.2 Å². The molecule has 0 heterocycles. The molecule has 4 unspecified atom stereocenters. The molecule has 1 aliphatic carbocycles. The van der Waals surface area contributed by atoms with Crippen molar-refractivity contribution in [3.63, 3.8) is 0 Å². The van der Waals surface area contributed by atoms with Crippen LogP contribution in [0.3, 0.4) is 0 Å². The minimum absolute atomic E-state index is 0.120. The zero-order valence-electron chi connectivity index (χ0n) is 11.3. The van der Waals surface area contributed by atoms with Crippen LogP contribution in [-0.2, 0) is 10.8 Å². The summed E-state index contributed by atoms with van der Waals surface area (Å²) in [4.78, 5) is 0.724. The fraction of sp³-hybridized carbons (Fsp3) is 0.600. The quantitative estimate of drug-likeness (QED) is 0.922. The van der Waals surface area contributed by atoms with Crippen LogP contribution in [0, 0.1) is 17.7 Å². The molecule has 106 valence electrons. The van der Waals surface area contributed by atoms with E-state index in [9.17, 15) is 8.60 Å². The highest BCUT2D eigenvalue weighted by molar-refractivity contribution is 7.85. The average Bonchev–Trinajstić information content (AvgIpc) is 2.46. The van der Waals surface area contributed by atoms with E-state index in [1.54, 1.807) is 12.1 Å². The molecule has 0 bridgehead atoms. The van der Waals surface area contributed by atoms with Crippen molar-refractivity contribution in [3.8, 4) is 0 Å². The van der Waals surface area contributed by atoms with Gasteiger partial charge >= 0.3 is 0 Å². The first-order valence-corrected chi connectivity index (χ1v) is 8.23. The van der Waals surface area contributed by atoms with Gasteiger partial charge in [0.05, 0.1) is 10.8 Å². The molecule has 1 aromatic rings. The molecule has 0 aliphatic heterocycles. The van der Waals surface area contributed by atoms with Gasteiger partial charge in [0.15, 0.2) is 0 Å². The zero-order chi connectivity index (χ0) is 13.8. The summed E-state index contributed by atoms with van der Waals surface area (Å²) in [5.41, 5.74) is 5.83. The van der Waals surface area contributed by atoms with Crippen LogP contribution >= 0.6 is 0 Å². The molecule has 4 atom stereocenters. The van der Waals surface area contributed by atoms with Gasteiger partial charge in [0.1, 0.15) is 5.82 Å². The van der Waals surface area contributed by atoms with Crippen molar-refractivity contribution in [1.29, 1.82) is 0 Å². The Bertz CT molecular complexity index is 434. The second-order valence-corrected chi connectivity index (χ2v) is 7.04. The van der Waals surface area contributed by atoms with Crippen molar-refractivity contribution in [1.82, 2.24) is 0 Å². The van der Waals surface area contributed by atoms with Gasteiger partial charge in [-0.3, -0.25) is 4.21 Å². The van der Waals surface area contributed by atoms with E-state index in [-0.39, 0.29) is 11.1 Å². The van der Waals surface area contributed by atoms with Crippen molar-refractivity contribution in [2.24, 2.45) is 17.6 Å². The lowest BCUT2D eigenvalue weighted by molar-refractivity contribution is 0.280. The second kappa shape index (κ2) is 6.62. The third-order valence-electron chi connectivity index (χ3n) is 4.24. The number of nitrogens with two attached hydrogens (primary N) is 1. The summed E-state index contributed by atoms with van der Waals surface area (Å²) in [6.07, 6.45) is 4.36. The van der Waals surface area contributed by atoms with Gasteiger partial charge in [-0.25, -0.2) is 4.39 Å². The Hall–Kier alpha value is -0.740. The summed E-state index contributed by atoms with van der Waals surface area (Å²) >= 11 is 0. The summed E-state index contributed by atoms with van der Waals surface area (Å²) < 4.78 is 25.6. The Morgan fingerprint density at radius 1 is 1.32 bits per heavy atom. The number of hydrogen-bond acceptors (Lipinski definition) is 2. The minimum Gasteiger partial charge on any atom is -0.330 e. The minimum atomic E-state index is -1.08. The largest absolute Gasteiger partial charge is 0.330 e. The van der Waals surface area contributed by atoms with Crippen molar-refractivity contribution in [2.75, 3.05) is 6.54 Å². The van der Waals surface area contributed by atoms with Crippen LogP contribution in [0.25, 0.3) is 0 Å². The molecule has 2 nitrogen and oxygen atoms in total. The first-order chi connectivity index (χ1) is 9.15. The smallest absolute Gasteiger partial charge is 0.123 e. The molecule has 0 spiro atoms. The second-order valence-electron chi connectivity index (χ2n) is 5.37. The lowest BCUT2D eigenvalue weighted by Crippen LogP contribution is -2.37. The maximum Gasteiger partial charge on any atom is 0.123 e. The molecule has 4 heteroatoms. The molecular weight excluding hydrogens is 261 g/mol. The van der Waals surface area contributed by atoms with Crippen molar-refractivity contribution in [3.05, 3.63) is 30.1 Å². The highest BCUT2D eigenvalue weighted by Crippen LogP contribution is 2.35. The van der Waals surface area contributed by atoms with Crippen molar-refractivity contribution in [2.45, 2.75) is 42.8 Å². The Balaban J connectivity index is 2.16. The average molecular weight is 283 g/mol. The van der Waals surface area contributed by atoms with Crippen LogP contribution in [0.4, 0.5) is 4.39 Å². The van der Waals surface area contributed by atoms with E-state index in [1.165, 1.54) is 18.6 Å². The fourth-order valence-electron chi connectivity index (χ4n) is 2.92. The summed E-state index contributed by atoms with van der Waals surface area (Å²) in [5, 5.41) is 0.120. The van der Waals surface area contributed by atoms with Crippen molar-refractivity contribution < 1.29 is 8.60 Å². The summed E-state index contributed by atoms with van der Waals surface area (Å²) in [6.45, 7) is 2.78. The van der Waals surface area contributed by atoms with Crippen LogP contribution in [0.2, 0.25) is 0 Å². The van der Waals surface area contributed by atoms with Crippen LogP contribution in [0.5, 0.6) is 0 Å². The van der Waals surface area contributed by atoms with Gasteiger partial charge in [-0.15, -0.1) is 0 Å². The number of hydrogen-bond donors (Lipinski definition) is 1. The van der Waals surface area contributed by atoms with Gasteiger partial charge in [-0.05, 0) is 55.5 Å². The van der Waals surface area contributed by atoms with Crippen LogP contribution < -0.4 is 5.73 Å². The van der Waals surface area contributed by atoms with E-state index >= 15 is 0 Å². The fourth-order valence-corrected chi connectivity index (χ4v) is 4.72. The molecular formula is C15H22FNOS. The Labute approximate surface area is 117 Å². The van der Waals surface area contributed by atoms with E-state index in [0.717, 1.165) is 24.2 Å². The summed E-state index contributed by atoms with van der Waals surface area (Å²) in [6, 6.07) is 6.03. The van der Waals surface area contributed by atoms with E-state index < -0.39 is 10.8 Å². The Kier molecular flexibility index (Phi) is 5.11. The SMILES string of the molecule is CCC1CCC(CN)C(S(=O)c2ccc(F)cc2)C1. The first kappa shape index (κ1) is 14.7. The molecule has 19 heavy (non-hydrogen) atoms. The predicted molar refractivity (Wildman–Crippen MR) is 76.8 cm³/mol. The van der Waals surface area contributed by atoms with Gasteiger partial charge in [0.2, 0.25) is 0 Å². The number of halogens is 1. The molecule has 0 radical (unpaired) electrons. The van der Waals surface area contributed by atoms with E-state index in [2.05, 4.69) is 6.92 Å². The maximum atomic E-state index is 12.9. The topological polar surface area (TPSA) is 43.1 Å². The lowest BCUT2D eigenvalue weighted by Gasteiger charge is -2.34. The third kappa shape index (κ3) is 3.42. The van der Waals surface area contributed by atoms with Gasteiger partial charge in [-0.1, -0.05) is 19.8 Å². The predicted octanol–water partition coefficient (Wildman–Crippen LogP) is 3.09. The van der Waals surface area contributed by atoms with E-state index in [1.807, 2.05) is 0 Å². The molecule has 1 aromatic carbocycles. The maximum absolute atomic E-state index is 12.9. The standard InChI is InChI=1S/C15H22FNOS/c1-2-11-3-4-12(10-17)15(9-11)19(18)14-7-5-13(16)6-8-14/h5-8,11-12,15H,2-4,9-10,17H2,1H3. The summed E-state index contributed by atoms with van der Waals surface area (Å²) in [7, 11) is -1.08. The molecule has 1 aliphatic rings. The van der Waals surface area contributed by atoms with Crippen LogP contribution in [-0.4, -0.2) is 16.0 Å².